The van der Waals surface area contributed by atoms with Crippen molar-refractivity contribution in [3.8, 4) is 0 Å². The van der Waals surface area contributed by atoms with E-state index in [9.17, 15) is 9.59 Å². The van der Waals surface area contributed by atoms with Gasteiger partial charge in [0.1, 0.15) is 6.04 Å². The average Bonchev–Trinajstić information content (AvgIpc) is 3.28. The Morgan fingerprint density at radius 2 is 2.00 bits per heavy atom. The van der Waals surface area contributed by atoms with Gasteiger partial charge in [-0.05, 0) is 24.3 Å². The molecule has 0 bridgehead atoms. The van der Waals surface area contributed by atoms with E-state index in [0.29, 0.717) is 25.2 Å². The van der Waals surface area contributed by atoms with Crippen molar-refractivity contribution in [1.82, 2.24) is 5.32 Å². The highest BCUT2D eigenvalue weighted by molar-refractivity contribution is 5.84. The number of benzene rings is 1. The standard InChI is InChI=1S/C16H21NO3/c1-20-16(19)14(11-13-7-8-13)17-15(18)10-9-12-5-3-2-4-6-12/h2-6,13-14H,7-11H2,1H3,(H,17,18)/t14-/m1/s1. The first-order chi connectivity index (χ1) is 9.69. The highest BCUT2D eigenvalue weighted by atomic mass is 16.5. The number of esters is 1. The number of hydrogen-bond acceptors (Lipinski definition) is 3. The van der Waals surface area contributed by atoms with Crippen LogP contribution in [0, 0.1) is 5.92 Å². The molecule has 1 aliphatic rings. The van der Waals surface area contributed by atoms with Gasteiger partial charge in [-0.15, -0.1) is 0 Å². The molecule has 108 valence electrons. The van der Waals surface area contributed by atoms with Gasteiger partial charge in [-0.1, -0.05) is 43.2 Å². The Hall–Kier alpha value is -1.84. The lowest BCUT2D eigenvalue weighted by molar-refractivity contribution is -0.145. The van der Waals surface area contributed by atoms with Gasteiger partial charge in [0.25, 0.3) is 0 Å². The first-order valence-corrected chi connectivity index (χ1v) is 7.10. The van der Waals surface area contributed by atoms with Crippen LogP contribution in [0.15, 0.2) is 30.3 Å². The van der Waals surface area contributed by atoms with Crippen LogP contribution < -0.4 is 5.32 Å². The minimum Gasteiger partial charge on any atom is -0.467 e. The number of ether oxygens (including phenoxy) is 1. The quantitative estimate of drug-likeness (QED) is 0.775. The van der Waals surface area contributed by atoms with E-state index in [0.717, 1.165) is 18.4 Å². The summed E-state index contributed by atoms with van der Waals surface area (Å²) in [6, 6.07) is 9.36. The summed E-state index contributed by atoms with van der Waals surface area (Å²) < 4.78 is 4.75. The lowest BCUT2D eigenvalue weighted by atomic mass is 10.1. The molecule has 1 atom stereocenters. The zero-order valence-electron chi connectivity index (χ0n) is 11.8. The average molecular weight is 275 g/mol. The maximum absolute atomic E-state index is 11.9. The Morgan fingerprint density at radius 3 is 2.60 bits per heavy atom. The Morgan fingerprint density at radius 1 is 1.30 bits per heavy atom. The molecule has 4 heteroatoms. The Labute approximate surface area is 119 Å². The second kappa shape index (κ2) is 7.08. The molecule has 0 aromatic heterocycles. The number of carbonyl (C=O) groups excluding carboxylic acids is 2. The zero-order chi connectivity index (χ0) is 14.4. The third kappa shape index (κ3) is 4.68. The van der Waals surface area contributed by atoms with Gasteiger partial charge in [0.2, 0.25) is 5.91 Å². The number of rotatable bonds is 7. The molecule has 1 fully saturated rings. The summed E-state index contributed by atoms with van der Waals surface area (Å²) in [7, 11) is 1.36. The predicted molar refractivity (Wildman–Crippen MR) is 76.1 cm³/mol. The van der Waals surface area contributed by atoms with Gasteiger partial charge in [-0.2, -0.15) is 0 Å². The van der Waals surface area contributed by atoms with E-state index in [1.807, 2.05) is 30.3 Å². The molecule has 0 heterocycles. The van der Waals surface area contributed by atoms with Crippen molar-refractivity contribution in [2.45, 2.75) is 38.1 Å². The van der Waals surface area contributed by atoms with Gasteiger partial charge in [-0.25, -0.2) is 4.79 Å². The van der Waals surface area contributed by atoms with E-state index in [1.54, 1.807) is 0 Å². The van der Waals surface area contributed by atoms with Crippen LogP contribution in [0.25, 0.3) is 0 Å². The highest BCUT2D eigenvalue weighted by Gasteiger charge is 2.30. The largest absolute Gasteiger partial charge is 0.467 e. The van der Waals surface area contributed by atoms with Crippen molar-refractivity contribution in [3.63, 3.8) is 0 Å². The van der Waals surface area contributed by atoms with Crippen molar-refractivity contribution in [1.29, 1.82) is 0 Å². The SMILES string of the molecule is COC(=O)[C@@H](CC1CC1)NC(=O)CCc1ccccc1. The fourth-order valence-electron chi connectivity index (χ4n) is 2.21. The third-order valence-electron chi connectivity index (χ3n) is 3.57. The molecule has 1 aliphatic carbocycles. The molecular weight excluding hydrogens is 254 g/mol. The molecule has 4 nitrogen and oxygen atoms in total. The molecule has 2 rings (SSSR count). The van der Waals surface area contributed by atoms with Gasteiger partial charge in [0.05, 0.1) is 7.11 Å². The van der Waals surface area contributed by atoms with Crippen molar-refractivity contribution in [3.05, 3.63) is 35.9 Å². The first-order valence-electron chi connectivity index (χ1n) is 7.10. The second-order valence-electron chi connectivity index (χ2n) is 5.31. The van der Waals surface area contributed by atoms with Crippen molar-refractivity contribution < 1.29 is 14.3 Å². The summed E-state index contributed by atoms with van der Waals surface area (Å²) in [6.45, 7) is 0. The van der Waals surface area contributed by atoms with Gasteiger partial charge in [-0.3, -0.25) is 4.79 Å². The minimum absolute atomic E-state index is 0.0927. The molecule has 0 unspecified atom stereocenters. The Bertz CT molecular complexity index is 454. The summed E-state index contributed by atoms with van der Waals surface area (Å²) >= 11 is 0. The minimum atomic E-state index is -0.490. The molecule has 0 aliphatic heterocycles. The number of nitrogens with one attached hydrogen (secondary N) is 1. The summed E-state index contributed by atoms with van der Waals surface area (Å²) in [5, 5.41) is 2.80. The molecule has 1 N–H and O–H groups in total. The molecule has 1 aromatic carbocycles. The molecule has 0 spiro atoms. The topological polar surface area (TPSA) is 55.4 Å². The molecule has 1 aromatic rings. The summed E-state index contributed by atoms with van der Waals surface area (Å²) in [5.41, 5.74) is 1.12. The number of amides is 1. The summed E-state index contributed by atoms with van der Waals surface area (Å²) in [4.78, 5) is 23.6. The number of hydrogen-bond donors (Lipinski definition) is 1. The van der Waals surface area contributed by atoms with E-state index < -0.39 is 6.04 Å². The van der Waals surface area contributed by atoms with Crippen LogP contribution in [0.5, 0.6) is 0 Å². The van der Waals surface area contributed by atoms with E-state index in [2.05, 4.69) is 5.32 Å². The molecule has 1 saturated carbocycles. The van der Waals surface area contributed by atoms with E-state index in [-0.39, 0.29) is 11.9 Å². The van der Waals surface area contributed by atoms with E-state index in [4.69, 9.17) is 4.74 Å². The van der Waals surface area contributed by atoms with Crippen LogP contribution in [-0.2, 0) is 20.7 Å². The monoisotopic (exact) mass is 275 g/mol. The Kier molecular flexibility index (Phi) is 5.16. The van der Waals surface area contributed by atoms with Crippen LogP contribution in [0.1, 0.15) is 31.2 Å². The van der Waals surface area contributed by atoms with Crippen molar-refractivity contribution in [2.75, 3.05) is 7.11 Å². The van der Waals surface area contributed by atoms with Crippen LogP contribution >= 0.6 is 0 Å². The fourth-order valence-corrected chi connectivity index (χ4v) is 2.21. The number of carbonyl (C=O) groups is 2. The maximum atomic E-state index is 11.9. The molecule has 20 heavy (non-hydrogen) atoms. The van der Waals surface area contributed by atoms with Crippen LogP contribution in [0.3, 0.4) is 0 Å². The summed E-state index contributed by atoms with van der Waals surface area (Å²) in [5.74, 6) is 0.128. The second-order valence-corrected chi connectivity index (χ2v) is 5.31. The Balaban J connectivity index is 1.79. The van der Waals surface area contributed by atoms with Gasteiger partial charge in [0.15, 0.2) is 0 Å². The van der Waals surface area contributed by atoms with E-state index in [1.165, 1.54) is 7.11 Å². The first kappa shape index (κ1) is 14.6. The predicted octanol–water partition coefficient (Wildman–Crippen LogP) is 2.08. The normalized spacial score (nSPS) is 15.4. The fraction of sp³-hybridized carbons (Fsp3) is 0.500. The molecule has 0 radical (unpaired) electrons. The van der Waals surface area contributed by atoms with Gasteiger partial charge < -0.3 is 10.1 Å². The summed E-state index contributed by atoms with van der Waals surface area (Å²) in [6.07, 6.45) is 4.07. The maximum Gasteiger partial charge on any atom is 0.328 e. The number of aryl methyl sites for hydroxylation is 1. The third-order valence-corrected chi connectivity index (χ3v) is 3.57. The van der Waals surface area contributed by atoms with Crippen LogP contribution in [0.4, 0.5) is 0 Å². The van der Waals surface area contributed by atoms with Gasteiger partial charge in [0, 0.05) is 6.42 Å². The lowest BCUT2D eigenvalue weighted by Gasteiger charge is -2.16. The molecule has 1 amide bonds. The van der Waals surface area contributed by atoms with Gasteiger partial charge >= 0.3 is 5.97 Å². The molecule has 0 saturated heterocycles. The lowest BCUT2D eigenvalue weighted by Crippen LogP contribution is -2.41. The van der Waals surface area contributed by atoms with Crippen molar-refractivity contribution in [2.24, 2.45) is 5.92 Å². The van der Waals surface area contributed by atoms with Crippen molar-refractivity contribution >= 4 is 11.9 Å². The zero-order valence-corrected chi connectivity index (χ0v) is 11.8. The smallest absolute Gasteiger partial charge is 0.328 e. The van der Waals surface area contributed by atoms with Crippen LogP contribution in [-0.4, -0.2) is 25.0 Å². The highest BCUT2D eigenvalue weighted by Crippen LogP contribution is 2.33. The van der Waals surface area contributed by atoms with Crippen LogP contribution in [0.2, 0.25) is 0 Å². The molecular formula is C16H21NO3. The van der Waals surface area contributed by atoms with E-state index >= 15 is 0 Å². The number of methoxy groups -OCH3 is 1.